The number of nitrogens with zero attached hydrogens (tertiary/aromatic N) is 1. The summed E-state index contributed by atoms with van der Waals surface area (Å²) < 4.78 is 11.2. The van der Waals surface area contributed by atoms with E-state index in [4.69, 9.17) is 9.47 Å². The summed E-state index contributed by atoms with van der Waals surface area (Å²) in [5.74, 6) is 1.79. The Morgan fingerprint density at radius 3 is 2.95 bits per heavy atom. The lowest BCUT2D eigenvalue weighted by Crippen LogP contribution is -2.39. The van der Waals surface area contributed by atoms with Crippen LogP contribution in [0.5, 0.6) is 11.5 Å². The molecule has 1 saturated heterocycles. The van der Waals surface area contributed by atoms with Crippen molar-refractivity contribution in [3.05, 3.63) is 23.8 Å². The lowest BCUT2D eigenvalue weighted by molar-refractivity contribution is 0.171. The number of benzene rings is 1. The van der Waals surface area contributed by atoms with E-state index in [-0.39, 0.29) is 0 Å². The van der Waals surface area contributed by atoms with Gasteiger partial charge in [0.15, 0.2) is 11.5 Å². The first-order chi connectivity index (χ1) is 10.3. The van der Waals surface area contributed by atoms with E-state index in [1.807, 2.05) is 6.07 Å². The van der Waals surface area contributed by atoms with E-state index in [2.05, 4.69) is 29.3 Å². The number of hydrogen-bond acceptors (Lipinski definition) is 4. The van der Waals surface area contributed by atoms with Gasteiger partial charge < -0.3 is 19.7 Å². The van der Waals surface area contributed by atoms with Crippen molar-refractivity contribution in [2.75, 3.05) is 39.4 Å². The number of hydrogen-bond donors (Lipinski definition) is 1. The van der Waals surface area contributed by atoms with Gasteiger partial charge in [-0.2, -0.15) is 0 Å². The van der Waals surface area contributed by atoms with Gasteiger partial charge in [0.1, 0.15) is 13.2 Å². The molecule has 2 aliphatic heterocycles. The summed E-state index contributed by atoms with van der Waals surface area (Å²) in [6.45, 7) is 8.27. The van der Waals surface area contributed by atoms with Crippen LogP contribution in [0.3, 0.4) is 0 Å². The maximum absolute atomic E-state index is 5.66. The van der Waals surface area contributed by atoms with Crippen molar-refractivity contribution in [3.8, 4) is 11.5 Å². The highest BCUT2D eigenvalue weighted by Gasteiger charge is 2.14. The van der Waals surface area contributed by atoms with Crippen LogP contribution in [0.2, 0.25) is 0 Å². The van der Waals surface area contributed by atoms with Gasteiger partial charge in [-0.05, 0) is 63.5 Å². The van der Waals surface area contributed by atoms with E-state index in [0.29, 0.717) is 19.3 Å². The summed E-state index contributed by atoms with van der Waals surface area (Å²) in [5.41, 5.74) is 1.34. The van der Waals surface area contributed by atoms with Gasteiger partial charge in [-0.15, -0.1) is 0 Å². The molecule has 116 valence electrons. The maximum atomic E-state index is 5.66. The minimum absolute atomic E-state index is 0.641. The van der Waals surface area contributed by atoms with Crippen molar-refractivity contribution in [1.82, 2.24) is 10.2 Å². The first-order valence-corrected chi connectivity index (χ1v) is 8.15. The molecule has 21 heavy (non-hydrogen) atoms. The van der Waals surface area contributed by atoms with Gasteiger partial charge in [0, 0.05) is 12.6 Å². The first-order valence-electron chi connectivity index (χ1n) is 8.15. The zero-order valence-electron chi connectivity index (χ0n) is 12.9. The third-order valence-corrected chi connectivity index (χ3v) is 4.35. The first kappa shape index (κ1) is 14.7. The number of rotatable bonds is 3. The molecule has 0 spiro atoms. The second-order valence-corrected chi connectivity index (χ2v) is 6.07. The fraction of sp³-hybridized carbons (Fsp3) is 0.647. The Balaban J connectivity index is 1.54. The smallest absolute Gasteiger partial charge is 0.161 e. The molecule has 1 unspecified atom stereocenters. The van der Waals surface area contributed by atoms with Gasteiger partial charge in [0.2, 0.25) is 0 Å². The fourth-order valence-corrected chi connectivity index (χ4v) is 3.00. The van der Waals surface area contributed by atoms with Crippen LogP contribution in [-0.2, 0) is 6.42 Å². The summed E-state index contributed by atoms with van der Waals surface area (Å²) in [7, 11) is 0. The van der Waals surface area contributed by atoms with Crippen molar-refractivity contribution in [2.24, 2.45) is 0 Å². The van der Waals surface area contributed by atoms with E-state index < -0.39 is 0 Å². The minimum atomic E-state index is 0.641. The maximum Gasteiger partial charge on any atom is 0.161 e. The largest absolute Gasteiger partial charge is 0.486 e. The monoisotopic (exact) mass is 290 g/mol. The molecular formula is C17H26N2O2. The highest BCUT2D eigenvalue weighted by atomic mass is 16.6. The van der Waals surface area contributed by atoms with Gasteiger partial charge >= 0.3 is 0 Å². The molecule has 0 aliphatic carbocycles. The topological polar surface area (TPSA) is 33.7 Å². The Bertz CT molecular complexity index is 464. The molecule has 4 heteroatoms. The van der Waals surface area contributed by atoms with Crippen molar-refractivity contribution >= 4 is 0 Å². The Morgan fingerprint density at radius 1 is 1.19 bits per heavy atom. The molecular weight excluding hydrogens is 264 g/mol. The lowest BCUT2D eigenvalue weighted by Gasteiger charge is -2.27. The zero-order valence-corrected chi connectivity index (χ0v) is 12.9. The molecule has 0 aromatic heterocycles. The molecule has 1 N–H and O–H groups in total. The van der Waals surface area contributed by atoms with Gasteiger partial charge in [0.25, 0.3) is 0 Å². The number of fused-ring (bicyclic) bond motifs is 1. The van der Waals surface area contributed by atoms with Gasteiger partial charge in [-0.1, -0.05) is 6.07 Å². The summed E-state index contributed by atoms with van der Waals surface area (Å²) in [4.78, 5) is 2.59. The average Bonchev–Trinajstić information content (AvgIpc) is 2.50. The molecule has 4 nitrogen and oxygen atoms in total. The van der Waals surface area contributed by atoms with Crippen molar-refractivity contribution < 1.29 is 9.47 Å². The van der Waals surface area contributed by atoms with Crippen molar-refractivity contribution in [1.29, 1.82) is 0 Å². The minimum Gasteiger partial charge on any atom is -0.486 e. The summed E-state index contributed by atoms with van der Waals surface area (Å²) >= 11 is 0. The molecule has 0 amide bonds. The number of ether oxygens (including phenoxy) is 2. The molecule has 1 aromatic carbocycles. The third kappa shape index (κ3) is 4.11. The van der Waals surface area contributed by atoms with Gasteiger partial charge in [-0.25, -0.2) is 0 Å². The standard InChI is InChI=1S/C17H26N2O2/c1-14-5-9-19(8-2-7-18-14)10-6-15-3-4-16-17(13-15)21-12-11-20-16/h3-4,13-14,18H,2,5-12H2,1H3. The second kappa shape index (κ2) is 7.14. The van der Waals surface area contributed by atoms with Crippen LogP contribution in [0, 0.1) is 0 Å². The fourth-order valence-electron chi connectivity index (χ4n) is 3.00. The van der Waals surface area contributed by atoms with Crippen LogP contribution in [-0.4, -0.2) is 50.3 Å². The van der Waals surface area contributed by atoms with E-state index in [1.165, 1.54) is 31.5 Å². The molecule has 2 heterocycles. The molecule has 1 fully saturated rings. The third-order valence-electron chi connectivity index (χ3n) is 4.35. The predicted molar refractivity (Wildman–Crippen MR) is 84.3 cm³/mol. The van der Waals surface area contributed by atoms with E-state index in [1.54, 1.807) is 0 Å². The summed E-state index contributed by atoms with van der Waals surface area (Å²) in [6.07, 6.45) is 3.56. The molecule has 3 rings (SSSR count). The van der Waals surface area contributed by atoms with Crippen LogP contribution in [0.25, 0.3) is 0 Å². The Hall–Kier alpha value is -1.26. The van der Waals surface area contributed by atoms with Gasteiger partial charge in [-0.3, -0.25) is 0 Å². The Labute approximate surface area is 127 Å². The quantitative estimate of drug-likeness (QED) is 0.924. The van der Waals surface area contributed by atoms with Gasteiger partial charge in [0.05, 0.1) is 0 Å². The van der Waals surface area contributed by atoms with E-state index in [9.17, 15) is 0 Å². The van der Waals surface area contributed by atoms with Crippen LogP contribution in [0.1, 0.15) is 25.3 Å². The second-order valence-electron chi connectivity index (χ2n) is 6.07. The normalized spacial score (nSPS) is 23.4. The van der Waals surface area contributed by atoms with Crippen LogP contribution >= 0.6 is 0 Å². The molecule has 0 radical (unpaired) electrons. The molecule has 1 atom stereocenters. The SMILES string of the molecule is CC1CCN(CCc2ccc3c(c2)OCCO3)CCCN1. The molecule has 1 aromatic rings. The Morgan fingerprint density at radius 2 is 2.05 bits per heavy atom. The van der Waals surface area contributed by atoms with Crippen molar-refractivity contribution in [2.45, 2.75) is 32.2 Å². The number of nitrogens with one attached hydrogen (secondary N) is 1. The lowest BCUT2D eigenvalue weighted by atomic mass is 10.1. The van der Waals surface area contributed by atoms with E-state index >= 15 is 0 Å². The predicted octanol–water partition coefficient (Wildman–Crippen LogP) is 2.07. The van der Waals surface area contributed by atoms with Crippen LogP contribution < -0.4 is 14.8 Å². The highest BCUT2D eigenvalue weighted by Crippen LogP contribution is 2.30. The van der Waals surface area contributed by atoms with E-state index in [0.717, 1.165) is 31.0 Å². The summed E-state index contributed by atoms with van der Waals surface area (Å²) in [6, 6.07) is 7.00. The Kier molecular flexibility index (Phi) is 4.99. The summed E-state index contributed by atoms with van der Waals surface area (Å²) in [5, 5.41) is 3.56. The van der Waals surface area contributed by atoms with Crippen molar-refractivity contribution in [3.63, 3.8) is 0 Å². The molecule has 2 aliphatic rings. The van der Waals surface area contributed by atoms with Crippen LogP contribution in [0.15, 0.2) is 18.2 Å². The molecule has 0 saturated carbocycles. The average molecular weight is 290 g/mol. The molecule has 0 bridgehead atoms. The highest BCUT2D eigenvalue weighted by molar-refractivity contribution is 5.43. The van der Waals surface area contributed by atoms with Crippen LogP contribution in [0.4, 0.5) is 0 Å². The zero-order chi connectivity index (χ0) is 14.5.